The lowest BCUT2D eigenvalue weighted by molar-refractivity contribution is 0.340. The lowest BCUT2D eigenvalue weighted by Gasteiger charge is -2.08. The van der Waals surface area contributed by atoms with Crippen LogP contribution in [-0.2, 0) is 0 Å². The van der Waals surface area contributed by atoms with Crippen LogP contribution < -0.4 is 9.47 Å². The van der Waals surface area contributed by atoms with Crippen LogP contribution in [-0.4, -0.2) is 23.2 Å². The third kappa shape index (κ3) is 2.25. The number of hydrogen-bond acceptors (Lipinski definition) is 4. The van der Waals surface area contributed by atoms with Gasteiger partial charge in [0.25, 0.3) is 0 Å². The molecule has 1 aromatic heterocycles. The molecule has 0 saturated carbocycles. The fourth-order valence-electron chi connectivity index (χ4n) is 2.18. The van der Waals surface area contributed by atoms with Crippen LogP contribution in [0, 0.1) is 0 Å². The highest BCUT2D eigenvalue weighted by atomic mass is 16.5. The highest BCUT2D eigenvalue weighted by molar-refractivity contribution is 5.90. The predicted molar refractivity (Wildman–Crippen MR) is 79.4 cm³/mol. The van der Waals surface area contributed by atoms with Crippen molar-refractivity contribution in [3.8, 4) is 11.5 Å². The van der Waals surface area contributed by atoms with Crippen molar-refractivity contribution in [1.82, 2.24) is 9.97 Å². The number of ether oxygens (including phenoxy) is 2. The second-order valence-electron chi connectivity index (χ2n) is 4.36. The van der Waals surface area contributed by atoms with Gasteiger partial charge in [-0.1, -0.05) is 6.07 Å². The minimum Gasteiger partial charge on any atom is -0.494 e. The Kier molecular flexibility index (Phi) is 3.37. The van der Waals surface area contributed by atoms with Crippen molar-refractivity contribution in [2.45, 2.75) is 13.8 Å². The number of benzene rings is 2. The molecule has 0 radical (unpaired) electrons. The lowest BCUT2D eigenvalue weighted by atomic mass is 10.2. The van der Waals surface area contributed by atoms with Crippen LogP contribution in [0.1, 0.15) is 13.8 Å². The SMILES string of the molecule is CCOc1ccc2nc3cccc(OCC)c3nc2c1. The summed E-state index contributed by atoms with van der Waals surface area (Å²) in [6.45, 7) is 5.17. The van der Waals surface area contributed by atoms with E-state index in [0.717, 1.165) is 33.6 Å². The van der Waals surface area contributed by atoms with E-state index in [2.05, 4.69) is 9.97 Å². The first-order valence-corrected chi connectivity index (χ1v) is 6.78. The fraction of sp³-hybridized carbons (Fsp3) is 0.250. The molecule has 2 aromatic carbocycles. The fourth-order valence-corrected chi connectivity index (χ4v) is 2.18. The summed E-state index contributed by atoms with van der Waals surface area (Å²) in [7, 11) is 0. The zero-order valence-electron chi connectivity index (χ0n) is 11.6. The van der Waals surface area contributed by atoms with E-state index in [4.69, 9.17) is 9.47 Å². The third-order valence-electron chi connectivity index (χ3n) is 3.01. The molecule has 0 saturated heterocycles. The molecule has 102 valence electrons. The normalized spacial score (nSPS) is 10.9. The van der Waals surface area contributed by atoms with E-state index in [1.165, 1.54) is 0 Å². The maximum Gasteiger partial charge on any atom is 0.147 e. The number of nitrogens with zero attached hydrogens (tertiary/aromatic N) is 2. The molecule has 0 aliphatic carbocycles. The van der Waals surface area contributed by atoms with Crippen molar-refractivity contribution >= 4 is 22.1 Å². The van der Waals surface area contributed by atoms with Gasteiger partial charge in [0, 0.05) is 6.07 Å². The zero-order valence-corrected chi connectivity index (χ0v) is 11.6. The molecule has 4 nitrogen and oxygen atoms in total. The van der Waals surface area contributed by atoms with E-state index in [1.807, 2.05) is 50.2 Å². The molecule has 4 heteroatoms. The summed E-state index contributed by atoms with van der Waals surface area (Å²) in [6.07, 6.45) is 0. The smallest absolute Gasteiger partial charge is 0.147 e. The molecule has 3 aromatic rings. The van der Waals surface area contributed by atoms with Gasteiger partial charge in [-0.3, -0.25) is 0 Å². The molecular formula is C16H16N2O2. The molecule has 0 aliphatic rings. The first-order chi connectivity index (χ1) is 9.81. The van der Waals surface area contributed by atoms with E-state index in [1.54, 1.807) is 0 Å². The van der Waals surface area contributed by atoms with Crippen LogP contribution in [0.4, 0.5) is 0 Å². The van der Waals surface area contributed by atoms with Crippen molar-refractivity contribution in [3.63, 3.8) is 0 Å². The second-order valence-corrected chi connectivity index (χ2v) is 4.36. The first-order valence-electron chi connectivity index (χ1n) is 6.78. The predicted octanol–water partition coefficient (Wildman–Crippen LogP) is 3.58. The molecule has 3 rings (SSSR count). The van der Waals surface area contributed by atoms with Crippen molar-refractivity contribution in [2.75, 3.05) is 13.2 Å². The van der Waals surface area contributed by atoms with Gasteiger partial charge in [-0.2, -0.15) is 0 Å². The van der Waals surface area contributed by atoms with E-state index < -0.39 is 0 Å². The molecule has 0 spiro atoms. The van der Waals surface area contributed by atoms with E-state index >= 15 is 0 Å². The average Bonchev–Trinajstić information content (AvgIpc) is 2.46. The molecule has 0 atom stereocenters. The number of rotatable bonds is 4. The van der Waals surface area contributed by atoms with Gasteiger partial charge >= 0.3 is 0 Å². The Bertz CT molecular complexity index is 756. The van der Waals surface area contributed by atoms with Crippen molar-refractivity contribution in [3.05, 3.63) is 36.4 Å². The van der Waals surface area contributed by atoms with Gasteiger partial charge in [0.1, 0.15) is 17.0 Å². The number of fused-ring (bicyclic) bond motifs is 2. The van der Waals surface area contributed by atoms with E-state index in [9.17, 15) is 0 Å². The van der Waals surface area contributed by atoms with Gasteiger partial charge in [-0.25, -0.2) is 9.97 Å². The molecule has 1 heterocycles. The summed E-state index contributed by atoms with van der Waals surface area (Å²) in [5.41, 5.74) is 3.30. The van der Waals surface area contributed by atoms with Gasteiger partial charge in [-0.05, 0) is 38.1 Å². The largest absolute Gasteiger partial charge is 0.494 e. The zero-order chi connectivity index (χ0) is 13.9. The topological polar surface area (TPSA) is 44.2 Å². The number of para-hydroxylation sites is 1. The molecule has 20 heavy (non-hydrogen) atoms. The summed E-state index contributed by atoms with van der Waals surface area (Å²) >= 11 is 0. The quantitative estimate of drug-likeness (QED) is 0.678. The summed E-state index contributed by atoms with van der Waals surface area (Å²) in [5.74, 6) is 1.57. The van der Waals surface area contributed by atoms with Crippen molar-refractivity contribution in [2.24, 2.45) is 0 Å². The molecule has 0 aliphatic heterocycles. The lowest BCUT2D eigenvalue weighted by Crippen LogP contribution is -1.96. The minimum atomic E-state index is 0.609. The highest BCUT2D eigenvalue weighted by Crippen LogP contribution is 2.26. The molecule has 0 fully saturated rings. The van der Waals surface area contributed by atoms with Gasteiger partial charge in [0.2, 0.25) is 0 Å². The van der Waals surface area contributed by atoms with Crippen molar-refractivity contribution in [1.29, 1.82) is 0 Å². The Balaban J connectivity index is 2.21. The second kappa shape index (κ2) is 5.33. The molecule has 0 N–H and O–H groups in total. The van der Waals surface area contributed by atoms with E-state index in [0.29, 0.717) is 13.2 Å². The van der Waals surface area contributed by atoms with Crippen LogP contribution in [0.25, 0.3) is 22.1 Å². The summed E-state index contributed by atoms with van der Waals surface area (Å²) in [5, 5.41) is 0. The molecule has 0 bridgehead atoms. The Hall–Kier alpha value is -2.36. The Morgan fingerprint density at radius 3 is 2.50 bits per heavy atom. The van der Waals surface area contributed by atoms with Gasteiger partial charge in [0.05, 0.1) is 29.8 Å². The summed E-state index contributed by atoms with van der Waals surface area (Å²) in [6, 6.07) is 11.6. The Morgan fingerprint density at radius 1 is 0.850 bits per heavy atom. The summed E-state index contributed by atoms with van der Waals surface area (Å²) in [4.78, 5) is 9.30. The number of aromatic nitrogens is 2. The average molecular weight is 268 g/mol. The van der Waals surface area contributed by atoms with Crippen LogP contribution in [0.3, 0.4) is 0 Å². The highest BCUT2D eigenvalue weighted by Gasteiger charge is 2.07. The standard InChI is InChI=1S/C16H16N2O2/c1-3-19-11-8-9-12-14(10-11)18-16-13(17-12)6-5-7-15(16)20-4-2/h5-10H,3-4H2,1-2H3. The van der Waals surface area contributed by atoms with Crippen LogP contribution >= 0.6 is 0 Å². The number of hydrogen-bond donors (Lipinski definition) is 0. The minimum absolute atomic E-state index is 0.609. The van der Waals surface area contributed by atoms with Crippen LogP contribution in [0.5, 0.6) is 11.5 Å². The molecule has 0 amide bonds. The molecular weight excluding hydrogens is 252 g/mol. The van der Waals surface area contributed by atoms with Crippen LogP contribution in [0.2, 0.25) is 0 Å². The maximum atomic E-state index is 5.61. The van der Waals surface area contributed by atoms with Crippen LogP contribution in [0.15, 0.2) is 36.4 Å². The monoisotopic (exact) mass is 268 g/mol. The van der Waals surface area contributed by atoms with Gasteiger partial charge in [-0.15, -0.1) is 0 Å². The van der Waals surface area contributed by atoms with E-state index in [-0.39, 0.29) is 0 Å². The van der Waals surface area contributed by atoms with Crippen molar-refractivity contribution < 1.29 is 9.47 Å². The Morgan fingerprint density at radius 2 is 1.70 bits per heavy atom. The Labute approximate surface area is 117 Å². The third-order valence-corrected chi connectivity index (χ3v) is 3.01. The van der Waals surface area contributed by atoms with Gasteiger partial charge < -0.3 is 9.47 Å². The summed E-state index contributed by atoms with van der Waals surface area (Å²) < 4.78 is 11.1. The van der Waals surface area contributed by atoms with Gasteiger partial charge in [0.15, 0.2) is 0 Å². The first kappa shape index (κ1) is 12.7. The molecule has 0 unspecified atom stereocenters. The maximum absolute atomic E-state index is 5.61.